The molecule has 1 aromatic carbocycles. The first kappa shape index (κ1) is 19.8. The van der Waals surface area contributed by atoms with Crippen LogP contribution in [0.15, 0.2) is 30.3 Å². The normalized spacial score (nSPS) is 15.5. The molecular formula is C22H23N5O3. The molecule has 4 rings (SSSR count). The van der Waals surface area contributed by atoms with Gasteiger partial charge >= 0.3 is 0 Å². The van der Waals surface area contributed by atoms with E-state index in [9.17, 15) is 9.59 Å². The number of carbonyl (C=O) groups is 2. The van der Waals surface area contributed by atoms with Crippen molar-refractivity contribution in [3.05, 3.63) is 58.5 Å². The van der Waals surface area contributed by atoms with Crippen molar-refractivity contribution >= 4 is 17.5 Å². The number of anilines is 1. The van der Waals surface area contributed by atoms with Crippen LogP contribution in [0.3, 0.4) is 0 Å². The van der Waals surface area contributed by atoms with Crippen LogP contribution in [0.5, 0.6) is 5.75 Å². The third kappa shape index (κ3) is 3.45. The van der Waals surface area contributed by atoms with Gasteiger partial charge in [-0.15, -0.1) is 0 Å². The summed E-state index contributed by atoms with van der Waals surface area (Å²) in [6.45, 7) is 7.88. The van der Waals surface area contributed by atoms with Gasteiger partial charge in [0.15, 0.2) is 5.78 Å². The number of ketones is 1. The van der Waals surface area contributed by atoms with E-state index in [1.165, 1.54) is 4.68 Å². The summed E-state index contributed by atoms with van der Waals surface area (Å²) in [5.74, 6) is 0.246. The van der Waals surface area contributed by atoms with Crippen molar-refractivity contribution in [1.29, 1.82) is 0 Å². The van der Waals surface area contributed by atoms with Crippen molar-refractivity contribution < 1.29 is 14.3 Å². The molecule has 30 heavy (non-hydrogen) atoms. The minimum atomic E-state index is -0.657. The van der Waals surface area contributed by atoms with Gasteiger partial charge < -0.3 is 10.1 Å². The van der Waals surface area contributed by atoms with Gasteiger partial charge in [0.05, 0.1) is 23.8 Å². The average Bonchev–Trinajstić information content (AvgIpc) is 3.03. The Balaban J connectivity index is 1.83. The molecule has 1 aliphatic heterocycles. The quantitative estimate of drug-likeness (QED) is 0.654. The van der Waals surface area contributed by atoms with Crippen molar-refractivity contribution in [2.75, 3.05) is 11.9 Å². The zero-order valence-electron chi connectivity index (χ0n) is 17.4. The van der Waals surface area contributed by atoms with Crippen molar-refractivity contribution in [2.45, 2.75) is 40.0 Å². The highest BCUT2D eigenvalue weighted by molar-refractivity contribution is 6.09. The summed E-state index contributed by atoms with van der Waals surface area (Å²) < 4.78 is 7.14. The van der Waals surface area contributed by atoms with Gasteiger partial charge in [0.25, 0.3) is 5.95 Å². The second kappa shape index (κ2) is 7.70. The molecule has 0 radical (unpaired) electrons. The molecule has 0 saturated carbocycles. The number of Topliss-reactive ketones (excluding diaryl/α,β-unsaturated/α-hetero) is 1. The van der Waals surface area contributed by atoms with Gasteiger partial charge in [-0.2, -0.15) is 9.78 Å². The molecule has 0 aliphatic carbocycles. The Kier molecular flexibility index (Phi) is 5.07. The van der Waals surface area contributed by atoms with Crippen LogP contribution >= 0.6 is 0 Å². The summed E-state index contributed by atoms with van der Waals surface area (Å²) in [6, 6.07) is 8.97. The maximum atomic E-state index is 13.5. The van der Waals surface area contributed by atoms with Gasteiger partial charge in [0.2, 0.25) is 5.91 Å². The topological polar surface area (TPSA) is 99.0 Å². The number of hydrogen-bond donors (Lipinski definition) is 1. The second-order valence-corrected chi connectivity index (χ2v) is 7.31. The largest absolute Gasteiger partial charge is 0.493 e. The van der Waals surface area contributed by atoms with Crippen molar-refractivity contribution in [2.24, 2.45) is 0 Å². The van der Waals surface area contributed by atoms with E-state index in [-0.39, 0.29) is 18.1 Å². The fourth-order valence-corrected chi connectivity index (χ4v) is 3.86. The number of aryl methyl sites for hydroxylation is 3. The maximum absolute atomic E-state index is 13.5. The molecule has 1 atom stereocenters. The number of para-hydroxylation sites is 1. The number of amides is 1. The monoisotopic (exact) mass is 405 g/mol. The number of benzene rings is 1. The van der Waals surface area contributed by atoms with E-state index in [2.05, 4.69) is 20.4 Å². The predicted octanol–water partition coefficient (Wildman–Crippen LogP) is 3.29. The molecule has 3 heterocycles. The zero-order chi connectivity index (χ0) is 21.4. The third-order valence-electron chi connectivity index (χ3n) is 5.03. The highest BCUT2D eigenvalue weighted by Crippen LogP contribution is 2.39. The number of rotatable bonds is 5. The molecule has 154 valence electrons. The van der Waals surface area contributed by atoms with Crippen LogP contribution in [0.4, 0.5) is 5.82 Å². The summed E-state index contributed by atoms with van der Waals surface area (Å²) in [4.78, 5) is 34.9. The Morgan fingerprint density at radius 1 is 1.20 bits per heavy atom. The Hall–Kier alpha value is -3.55. The Morgan fingerprint density at radius 2 is 1.90 bits per heavy atom. The SMILES string of the molecule is CCOc1ccccc1C(=O)C1CC(=O)Nc2c1c(C)nn2-c1nc(C)cc(C)n1. The molecule has 0 bridgehead atoms. The molecule has 2 aromatic heterocycles. The van der Waals surface area contributed by atoms with E-state index in [0.717, 1.165) is 11.4 Å². The molecular weight excluding hydrogens is 382 g/mol. The molecule has 0 saturated heterocycles. The molecule has 8 heteroatoms. The molecule has 8 nitrogen and oxygen atoms in total. The average molecular weight is 405 g/mol. The van der Waals surface area contributed by atoms with Crippen LogP contribution in [-0.4, -0.2) is 38.0 Å². The standard InChI is InChI=1S/C22H23N5O3/c1-5-30-17-9-7-6-8-15(17)20(29)16-11-18(28)25-21-19(16)14(4)26-27(21)22-23-12(2)10-13(3)24-22/h6-10,16H,5,11H2,1-4H3,(H,25,28). The lowest BCUT2D eigenvalue weighted by Gasteiger charge is -2.23. The fourth-order valence-electron chi connectivity index (χ4n) is 3.86. The van der Waals surface area contributed by atoms with E-state index in [1.54, 1.807) is 18.2 Å². The van der Waals surface area contributed by atoms with Gasteiger partial charge in [-0.3, -0.25) is 9.59 Å². The molecule has 0 fully saturated rings. The molecule has 1 unspecified atom stereocenters. The Labute approximate surface area is 174 Å². The number of carbonyl (C=O) groups excluding carboxylic acids is 2. The first-order valence-electron chi connectivity index (χ1n) is 9.87. The Morgan fingerprint density at radius 3 is 2.60 bits per heavy atom. The molecule has 1 N–H and O–H groups in total. The number of nitrogens with zero attached hydrogens (tertiary/aromatic N) is 4. The lowest BCUT2D eigenvalue weighted by Crippen LogP contribution is -2.29. The van der Waals surface area contributed by atoms with Gasteiger partial charge in [0, 0.05) is 23.4 Å². The summed E-state index contributed by atoms with van der Waals surface area (Å²) in [5.41, 5.74) is 3.38. The number of nitrogens with one attached hydrogen (secondary N) is 1. The van der Waals surface area contributed by atoms with Crippen LogP contribution in [0, 0.1) is 20.8 Å². The lowest BCUT2D eigenvalue weighted by atomic mass is 9.85. The summed E-state index contributed by atoms with van der Waals surface area (Å²) >= 11 is 0. The van der Waals surface area contributed by atoms with Crippen LogP contribution < -0.4 is 10.1 Å². The molecule has 1 aliphatic rings. The van der Waals surface area contributed by atoms with Crippen LogP contribution in [0.1, 0.15) is 52.3 Å². The summed E-state index contributed by atoms with van der Waals surface area (Å²) in [7, 11) is 0. The maximum Gasteiger partial charge on any atom is 0.252 e. The van der Waals surface area contributed by atoms with Gasteiger partial charge in [-0.1, -0.05) is 12.1 Å². The molecule has 1 amide bonds. The van der Waals surface area contributed by atoms with Gasteiger partial charge in [-0.05, 0) is 45.9 Å². The molecule has 0 spiro atoms. The van der Waals surface area contributed by atoms with E-state index in [1.807, 2.05) is 39.8 Å². The smallest absolute Gasteiger partial charge is 0.252 e. The van der Waals surface area contributed by atoms with Crippen LogP contribution in [0.25, 0.3) is 5.95 Å². The highest BCUT2D eigenvalue weighted by Gasteiger charge is 2.37. The number of hydrogen-bond acceptors (Lipinski definition) is 6. The molecule has 3 aromatic rings. The van der Waals surface area contributed by atoms with E-state index >= 15 is 0 Å². The minimum absolute atomic E-state index is 0.0481. The van der Waals surface area contributed by atoms with Gasteiger partial charge in [-0.25, -0.2) is 9.97 Å². The lowest BCUT2D eigenvalue weighted by molar-refractivity contribution is -0.116. The van der Waals surface area contributed by atoms with Crippen LogP contribution in [0.2, 0.25) is 0 Å². The van der Waals surface area contributed by atoms with Crippen molar-refractivity contribution in [1.82, 2.24) is 19.7 Å². The zero-order valence-corrected chi connectivity index (χ0v) is 17.4. The minimum Gasteiger partial charge on any atom is -0.493 e. The first-order valence-corrected chi connectivity index (χ1v) is 9.87. The van der Waals surface area contributed by atoms with E-state index in [4.69, 9.17) is 4.74 Å². The first-order chi connectivity index (χ1) is 14.4. The third-order valence-corrected chi connectivity index (χ3v) is 5.03. The Bertz CT molecular complexity index is 1130. The van der Waals surface area contributed by atoms with Crippen molar-refractivity contribution in [3.63, 3.8) is 0 Å². The van der Waals surface area contributed by atoms with E-state index in [0.29, 0.717) is 40.9 Å². The second-order valence-electron chi connectivity index (χ2n) is 7.31. The number of aromatic nitrogens is 4. The predicted molar refractivity (Wildman–Crippen MR) is 111 cm³/mol. The van der Waals surface area contributed by atoms with Crippen molar-refractivity contribution in [3.8, 4) is 11.7 Å². The fraction of sp³-hybridized carbons (Fsp3) is 0.318. The number of ether oxygens (including phenoxy) is 1. The number of fused-ring (bicyclic) bond motifs is 1. The summed E-state index contributed by atoms with van der Waals surface area (Å²) in [6.07, 6.45) is 0.0481. The van der Waals surface area contributed by atoms with Crippen LogP contribution in [-0.2, 0) is 4.79 Å². The van der Waals surface area contributed by atoms with E-state index < -0.39 is 5.92 Å². The summed E-state index contributed by atoms with van der Waals surface area (Å²) in [5, 5.41) is 7.42. The van der Waals surface area contributed by atoms with Gasteiger partial charge in [0.1, 0.15) is 11.6 Å². The highest BCUT2D eigenvalue weighted by atomic mass is 16.5.